The molecule has 1 aromatic rings. The van der Waals surface area contributed by atoms with Crippen LogP contribution in [0.1, 0.15) is 57.2 Å². The lowest BCUT2D eigenvalue weighted by atomic mass is 9.57. The van der Waals surface area contributed by atoms with Gasteiger partial charge in [-0.2, -0.15) is 0 Å². The molecule has 1 saturated carbocycles. The Morgan fingerprint density at radius 3 is 2.80 bits per heavy atom. The molecule has 1 fully saturated rings. The highest BCUT2D eigenvalue weighted by molar-refractivity contribution is 7.09. The van der Waals surface area contributed by atoms with Crippen molar-refractivity contribution in [3.63, 3.8) is 0 Å². The van der Waals surface area contributed by atoms with Crippen molar-refractivity contribution in [1.29, 1.82) is 0 Å². The molecule has 2 aliphatic carbocycles. The maximum atomic E-state index is 11.5. The summed E-state index contributed by atoms with van der Waals surface area (Å²) in [6.07, 6.45) is 2.69. The van der Waals surface area contributed by atoms with Gasteiger partial charge in [0.15, 0.2) is 6.10 Å². The van der Waals surface area contributed by atoms with Gasteiger partial charge in [-0.05, 0) is 37.7 Å². The second kappa shape index (κ2) is 6.82. The lowest BCUT2D eigenvalue weighted by molar-refractivity contribution is -0.200. The maximum absolute atomic E-state index is 11.5. The predicted molar refractivity (Wildman–Crippen MR) is 96.4 cm³/mol. The molecule has 6 unspecified atom stereocenters. The van der Waals surface area contributed by atoms with Gasteiger partial charge in [0, 0.05) is 24.1 Å². The van der Waals surface area contributed by atoms with E-state index in [-0.39, 0.29) is 17.8 Å². The quantitative estimate of drug-likeness (QED) is 0.636. The number of ether oxygens (including phenoxy) is 1. The number of aliphatic hydroxyl groups is 2. The molecule has 1 aromatic heterocycles. The van der Waals surface area contributed by atoms with Gasteiger partial charge in [0.2, 0.25) is 0 Å². The number of hydrogen-bond donors (Lipinski definition) is 2. The molecule has 0 aliphatic heterocycles. The summed E-state index contributed by atoms with van der Waals surface area (Å²) in [6.45, 7) is 7.22. The number of thiazole rings is 1. The van der Waals surface area contributed by atoms with E-state index >= 15 is 0 Å². The molecular weight excluding hydrogens is 338 g/mol. The predicted octanol–water partition coefficient (Wildman–Crippen LogP) is 2.82. The highest BCUT2D eigenvalue weighted by Crippen LogP contribution is 2.52. The normalized spacial score (nSPS) is 38.0. The van der Waals surface area contributed by atoms with Crippen LogP contribution in [-0.2, 0) is 16.0 Å². The minimum absolute atomic E-state index is 0.0700. The van der Waals surface area contributed by atoms with Crippen LogP contribution in [0.15, 0.2) is 17.0 Å². The van der Waals surface area contributed by atoms with Crippen LogP contribution < -0.4 is 0 Å². The highest BCUT2D eigenvalue weighted by atomic mass is 32.1. The lowest BCUT2D eigenvalue weighted by Crippen LogP contribution is -2.63. The molecule has 0 bridgehead atoms. The average Bonchev–Trinajstić information content (AvgIpc) is 3.03. The van der Waals surface area contributed by atoms with Gasteiger partial charge < -0.3 is 14.9 Å². The van der Waals surface area contributed by atoms with Gasteiger partial charge in [-0.1, -0.05) is 19.9 Å². The zero-order valence-corrected chi connectivity index (χ0v) is 16.0. The number of hydrogen-bond acceptors (Lipinski definition) is 6. The first kappa shape index (κ1) is 18.5. The van der Waals surface area contributed by atoms with Gasteiger partial charge in [-0.3, -0.25) is 4.79 Å². The maximum Gasteiger partial charge on any atom is 0.303 e. The van der Waals surface area contributed by atoms with Crippen molar-refractivity contribution in [3.05, 3.63) is 27.7 Å². The van der Waals surface area contributed by atoms with Crippen LogP contribution in [-0.4, -0.2) is 39.0 Å². The second-order valence-electron chi connectivity index (χ2n) is 7.40. The van der Waals surface area contributed by atoms with Gasteiger partial charge in [-0.15, -0.1) is 11.3 Å². The summed E-state index contributed by atoms with van der Waals surface area (Å²) in [5.41, 5.74) is 0.472. The number of nitrogens with zero attached hydrogens (tertiary/aromatic N) is 1. The van der Waals surface area contributed by atoms with Crippen LogP contribution in [0.5, 0.6) is 0 Å². The molecular formula is C19H27NO4S. The molecule has 0 amide bonds. The van der Waals surface area contributed by atoms with Crippen LogP contribution in [0.3, 0.4) is 0 Å². The zero-order chi connectivity index (χ0) is 18.4. The number of aromatic nitrogens is 1. The number of carbonyl (C=O) groups excluding carboxylic acids is 1. The van der Waals surface area contributed by atoms with Crippen LogP contribution in [0.4, 0.5) is 0 Å². The van der Waals surface area contributed by atoms with Crippen LogP contribution >= 0.6 is 11.3 Å². The summed E-state index contributed by atoms with van der Waals surface area (Å²) in [7, 11) is 0. The largest absolute Gasteiger partial charge is 0.455 e. The first-order valence-corrected chi connectivity index (χ1v) is 9.87. The molecule has 25 heavy (non-hydrogen) atoms. The Labute approximate surface area is 152 Å². The number of aryl methyl sites for hydroxylation is 1. The van der Waals surface area contributed by atoms with Crippen molar-refractivity contribution in [3.8, 4) is 0 Å². The van der Waals surface area contributed by atoms with E-state index in [0.29, 0.717) is 0 Å². The zero-order valence-electron chi connectivity index (χ0n) is 15.2. The summed E-state index contributed by atoms with van der Waals surface area (Å²) in [4.78, 5) is 16.1. The number of aliphatic hydroxyl groups excluding tert-OH is 1. The van der Waals surface area contributed by atoms with E-state index in [2.05, 4.69) is 12.3 Å². The van der Waals surface area contributed by atoms with E-state index in [0.717, 1.165) is 35.5 Å². The average molecular weight is 365 g/mol. The van der Waals surface area contributed by atoms with E-state index in [1.54, 1.807) is 11.3 Å². The molecule has 3 rings (SSSR count). The molecule has 5 nitrogen and oxygen atoms in total. The van der Waals surface area contributed by atoms with Crippen molar-refractivity contribution < 1.29 is 19.7 Å². The van der Waals surface area contributed by atoms with Crippen molar-refractivity contribution in [2.24, 2.45) is 11.8 Å². The van der Waals surface area contributed by atoms with E-state index in [4.69, 9.17) is 9.72 Å². The molecule has 0 saturated heterocycles. The van der Waals surface area contributed by atoms with E-state index in [1.165, 1.54) is 6.92 Å². The van der Waals surface area contributed by atoms with Crippen LogP contribution in [0, 0.1) is 11.8 Å². The molecule has 0 radical (unpaired) electrons. The van der Waals surface area contributed by atoms with Crippen LogP contribution in [0.2, 0.25) is 0 Å². The molecule has 6 heteroatoms. The molecule has 2 N–H and O–H groups in total. The molecule has 0 spiro atoms. The van der Waals surface area contributed by atoms with E-state index in [9.17, 15) is 15.0 Å². The van der Waals surface area contributed by atoms with Crippen molar-refractivity contribution in [1.82, 2.24) is 4.98 Å². The number of rotatable bonds is 3. The van der Waals surface area contributed by atoms with Crippen LogP contribution in [0.25, 0.3) is 0 Å². The summed E-state index contributed by atoms with van der Waals surface area (Å²) in [6, 6.07) is 0. The minimum Gasteiger partial charge on any atom is -0.455 e. The Morgan fingerprint density at radius 1 is 1.48 bits per heavy atom. The van der Waals surface area contributed by atoms with Gasteiger partial charge >= 0.3 is 5.97 Å². The number of carbonyl (C=O) groups is 1. The Bertz CT molecular complexity index is 685. The Balaban J connectivity index is 2.01. The third-order valence-corrected chi connectivity index (χ3v) is 6.88. The van der Waals surface area contributed by atoms with Crippen molar-refractivity contribution in [2.75, 3.05) is 0 Å². The smallest absolute Gasteiger partial charge is 0.303 e. The minimum atomic E-state index is -1.32. The van der Waals surface area contributed by atoms with Gasteiger partial charge in [0.25, 0.3) is 0 Å². The highest BCUT2D eigenvalue weighted by Gasteiger charge is 2.58. The third-order valence-electron chi connectivity index (χ3n) is 5.86. The summed E-state index contributed by atoms with van der Waals surface area (Å²) in [5.74, 6) is -0.702. The Morgan fingerprint density at radius 2 is 2.20 bits per heavy atom. The third kappa shape index (κ3) is 3.04. The molecule has 2 aliphatic rings. The van der Waals surface area contributed by atoms with Gasteiger partial charge in [0.05, 0.1) is 10.7 Å². The second-order valence-corrected chi connectivity index (χ2v) is 8.35. The molecule has 0 aromatic carbocycles. The first-order chi connectivity index (χ1) is 11.8. The molecule has 1 heterocycles. The summed E-state index contributed by atoms with van der Waals surface area (Å²) in [5, 5.41) is 25.6. The Kier molecular flexibility index (Phi) is 5.06. The Hall–Kier alpha value is -1.24. The first-order valence-electron chi connectivity index (χ1n) is 8.99. The lowest BCUT2D eigenvalue weighted by Gasteiger charge is -2.53. The summed E-state index contributed by atoms with van der Waals surface area (Å²) >= 11 is 1.65. The monoisotopic (exact) mass is 365 g/mol. The van der Waals surface area contributed by atoms with Gasteiger partial charge in [-0.25, -0.2) is 4.98 Å². The molecule has 138 valence electrons. The van der Waals surface area contributed by atoms with E-state index in [1.807, 2.05) is 19.9 Å². The fourth-order valence-electron chi connectivity index (χ4n) is 4.42. The van der Waals surface area contributed by atoms with Gasteiger partial charge in [0.1, 0.15) is 11.7 Å². The fraction of sp³-hybridized carbons (Fsp3) is 0.684. The molecule has 6 atom stereocenters. The van der Waals surface area contributed by atoms with Crippen molar-refractivity contribution in [2.45, 2.75) is 70.7 Å². The van der Waals surface area contributed by atoms with E-state index < -0.39 is 23.8 Å². The fourth-order valence-corrected chi connectivity index (χ4v) is 5.23. The number of esters is 1. The van der Waals surface area contributed by atoms with Crippen molar-refractivity contribution >= 4 is 17.3 Å². The SMILES string of the molecule is CCc1nc(C2CCC(C)C3(O)C(O)C(OC(C)=O)C(C)=CC23)cs1. The number of fused-ring (bicyclic) bond motifs is 1. The topological polar surface area (TPSA) is 79.7 Å². The standard InChI is InChI=1S/C19H27NO4S/c1-5-16-20-15(9-25-16)13-7-6-11(3)19(23)14(13)8-10(2)17(18(19)22)24-12(4)21/h8-9,11,13-14,17-18,22-23H,5-7H2,1-4H3. The summed E-state index contributed by atoms with van der Waals surface area (Å²) < 4.78 is 5.31.